The van der Waals surface area contributed by atoms with Crippen LogP contribution in [-0.4, -0.2) is 19.2 Å². The van der Waals surface area contributed by atoms with E-state index in [1.165, 1.54) is 6.92 Å². The van der Waals surface area contributed by atoms with E-state index in [9.17, 15) is 4.79 Å². The van der Waals surface area contributed by atoms with Gasteiger partial charge in [0, 0.05) is 18.7 Å². The summed E-state index contributed by atoms with van der Waals surface area (Å²) in [6.07, 6.45) is 0. The molecule has 14 heavy (non-hydrogen) atoms. The zero-order valence-corrected chi connectivity index (χ0v) is 8.03. The van der Waals surface area contributed by atoms with Gasteiger partial charge in [-0.15, -0.1) is 0 Å². The molecule has 0 bridgehead atoms. The molecule has 76 valence electrons. The van der Waals surface area contributed by atoms with Gasteiger partial charge < -0.3 is 15.2 Å². The number of rotatable bonds is 4. The van der Waals surface area contributed by atoms with Crippen LogP contribution in [0.25, 0.3) is 0 Å². The standard InChI is InChI=1S/C10H13NO3/c1-8(12)13-5-6-14-10-4-2-3-9(11)7-10/h2-4,7H,5-6,11H2,1H3. The van der Waals surface area contributed by atoms with Gasteiger partial charge in [0.1, 0.15) is 19.0 Å². The summed E-state index contributed by atoms with van der Waals surface area (Å²) in [6.45, 7) is 1.95. The minimum absolute atomic E-state index is 0.254. The predicted octanol–water partition coefficient (Wildman–Crippen LogP) is 1.21. The van der Waals surface area contributed by atoms with Crippen LogP contribution in [-0.2, 0) is 9.53 Å². The molecule has 0 radical (unpaired) electrons. The van der Waals surface area contributed by atoms with Crippen molar-refractivity contribution in [3.8, 4) is 5.75 Å². The lowest BCUT2D eigenvalue weighted by atomic mass is 10.3. The molecular formula is C10H13NO3. The summed E-state index contributed by atoms with van der Waals surface area (Å²) in [7, 11) is 0. The Morgan fingerprint density at radius 2 is 2.21 bits per heavy atom. The van der Waals surface area contributed by atoms with Crippen molar-refractivity contribution in [2.45, 2.75) is 6.92 Å². The molecule has 4 heteroatoms. The van der Waals surface area contributed by atoms with Crippen LogP contribution in [0.15, 0.2) is 24.3 Å². The lowest BCUT2D eigenvalue weighted by molar-refractivity contribution is -0.141. The fourth-order valence-corrected chi connectivity index (χ4v) is 0.949. The van der Waals surface area contributed by atoms with Crippen molar-refractivity contribution >= 4 is 11.7 Å². The lowest BCUT2D eigenvalue weighted by Crippen LogP contribution is -2.09. The maximum absolute atomic E-state index is 10.4. The van der Waals surface area contributed by atoms with Crippen molar-refractivity contribution in [2.75, 3.05) is 18.9 Å². The van der Waals surface area contributed by atoms with Crippen molar-refractivity contribution in [1.29, 1.82) is 0 Å². The second kappa shape index (κ2) is 5.11. The average molecular weight is 195 g/mol. The molecule has 0 aliphatic carbocycles. The summed E-state index contributed by atoms with van der Waals surface area (Å²) >= 11 is 0. The maximum atomic E-state index is 10.4. The number of carbonyl (C=O) groups is 1. The third-order valence-electron chi connectivity index (χ3n) is 1.52. The van der Waals surface area contributed by atoms with Gasteiger partial charge in [-0.3, -0.25) is 4.79 Å². The molecule has 0 aliphatic heterocycles. The minimum Gasteiger partial charge on any atom is -0.490 e. The summed E-state index contributed by atoms with van der Waals surface area (Å²) in [5.74, 6) is 0.373. The normalized spacial score (nSPS) is 9.50. The van der Waals surface area contributed by atoms with E-state index in [1.54, 1.807) is 24.3 Å². The zero-order valence-electron chi connectivity index (χ0n) is 8.03. The number of nitrogens with two attached hydrogens (primary N) is 1. The number of ether oxygens (including phenoxy) is 2. The van der Waals surface area contributed by atoms with E-state index in [0.717, 1.165) is 0 Å². The summed E-state index contributed by atoms with van der Waals surface area (Å²) in [5.41, 5.74) is 6.19. The molecule has 1 aromatic carbocycles. The molecule has 0 heterocycles. The fraction of sp³-hybridized carbons (Fsp3) is 0.300. The molecule has 0 fully saturated rings. The smallest absolute Gasteiger partial charge is 0.302 e. The maximum Gasteiger partial charge on any atom is 0.302 e. The van der Waals surface area contributed by atoms with Gasteiger partial charge in [0.25, 0.3) is 0 Å². The van der Waals surface area contributed by atoms with Crippen LogP contribution in [0.1, 0.15) is 6.92 Å². The van der Waals surface area contributed by atoms with E-state index in [0.29, 0.717) is 18.0 Å². The highest BCUT2D eigenvalue weighted by Gasteiger charge is 1.95. The van der Waals surface area contributed by atoms with Crippen molar-refractivity contribution in [2.24, 2.45) is 0 Å². The highest BCUT2D eigenvalue weighted by Crippen LogP contribution is 2.13. The first kappa shape index (κ1) is 10.4. The Morgan fingerprint density at radius 1 is 1.43 bits per heavy atom. The fourth-order valence-electron chi connectivity index (χ4n) is 0.949. The van der Waals surface area contributed by atoms with Crippen molar-refractivity contribution < 1.29 is 14.3 Å². The lowest BCUT2D eigenvalue weighted by Gasteiger charge is -2.06. The Bertz CT molecular complexity index is 312. The van der Waals surface area contributed by atoms with Gasteiger partial charge in [-0.2, -0.15) is 0 Å². The Kier molecular flexibility index (Phi) is 3.79. The van der Waals surface area contributed by atoms with Crippen LogP contribution in [0, 0.1) is 0 Å². The number of hydrogen-bond donors (Lipinski definition) is 1. The van der Waals surface area contributed by atoms with Crippen LogP contribution in [0.4, 0.5) is 5.69 Å². The SMILES string of the molecule is CC(=O)OCCOc1cccc(N)c1. The van der Waals surface area contributed by atoms with Crippen molar-refractivity contribution in [3.05, 3.63) is 24.3 Å². The molecule has 4 nitrogen and oxygen atoms in total. The molecule has 1 aromatic rings. The third kappa shape index (κ3) is 3.80. The highest BCUT2D eigenvalue weighted by atomic mass is 16.6. The van der Waals surface area contributed by atoms with E-state index >= 15 is 0 Å². The van der Waals surface area contributed by atoms with Crippen LogP contribution in [0.3, 0.4) is 0 Å². The second-order valence-electron chi connectivity index (χ2n) is 2.76. The van der Waals surface area contributed by atoms with Gasteiger partial charge in [0.05, 0.1) is 0 Å². The molecule has 0 amide bonds. The molecule has 0 spiro atoms. The van der Waals surface area contributed by atoms with Gasteiger partial charge in [0.15, 0.2) is 0 Å². The number of benzene rings is 1. The second-order valence-corrected chi connectivity index (χ2v) is 2.76. The van der Waals surface area contributed by atoms with E-state index < -0.39 is 0 Å². The van der Waals surface area contributed by atoms with Gasteiger partial charge in [0.2, 0.25) is 0 Å². The van der Waals surface area contributed by atoms with E-state index in [4.69, 9.17) is 15.2 Å². The largest absolute Gasteiger partial charge is 0.490 e. The molecule has 0 aliphatic rings. The predicted molar refractivity (Wildman–Crippen MR) is 53.0 cm³/mol. The number of hydrogen-bond acceptors (Lipinski definition) is 4. The van der Waals surface area contributed by atoms with Gasteiger partial charge >= 0.3 is 5.97 Å². The molecule has 0 atom stereocenters. The van der Waals surface area contributed by atoms with E-state index in [2.05, 4.69) is 0 Å². The number of carbonyl (C=O) groups excluding carboxylic acids is 1. The van der Waals surface area contributed by atoms with Gasteiger partial charge in [-0.05, 0) is 12.1 Å². The summed E-state index contributed by atoms with van der Waals surface area (Å²) < 4.78 is 9.98. The number of anilines is 1. The molecule has 0 unspecified atom stereocenters. The van der Waals surface area contributed by atoms with E-state index in [-0.39, 0.29) is 12.6 Å². The zero-order chi connectivity index (χ0) is 10.4. The topological polar surface area (TPSA) is 61.5 Å². The van der Waals surface area contributed by atoms with Crippen molar-refractivity contribution in [3.63, 3.8) is 0 Å². The number of nitrogen functional groups attached to an aromatic ring is 1. The minimum atomic E-state index is -0.304. The first-order valence-corrected chi connectivity index (χ1v) is 4.30. The average Bonchev–Trinajstić information content (AvgIpc) is 2.12. The first-order valence-electron chi connectivity index (χ1n) is 4.30. The van der Waals surface area contributed by atoms with Crippen LogP contribution in [0.5, 0.6) is 5.75 Å². The third-order valence-corrected chi connectivity index (χ3v) is 1.52. The molecule has 0 saturated carbocycles. The molecular weight excluding hydrogens is 182 g/mol. The Labute approximate surface area is 82.6 Å². The Balaban J connectivity index is 2.28. The van der Waals surface area contributed by atoms with E-state index in [1.807, 2.05) is 0 Å². The molecule has 0 aromatic heterocycles. The van der Waals surface area contributed by atoms with Crippen molar-refractivity contribution in [1.82, 2.24) is 0 Å². The first-order chi connectivity index (χ1) is 6.68. The van der Waals surface area contributed by atoms with Crippen LogP contribution in [0.2, 0.25) is 0 Å². The molecule has 1 rings (SSSR count). The Morgan fingerprint density at radius 3 is 2.86 bits per heavy atom. The van der Waals surface area contributed by atoms with Gasteiger partial charge in [-0.25, -0.2) is 0 Å². The summed E-state index contributed by atoms with van der Waals surface area (Å²) in [6, 6.07) is 7.09. The Hall–Kier alpha value is -1.71. The monoisotopic (exact) mass is 195 g/mol. The molecule has 0 saturated heterocycles. The van der Waals surface area contributed by atoms with Gasteiger partial charge in [-0.1, -0.05) is 6.07 Å². The summed E-state index contributed by atoms with van der Waals surface area (Å²) in [5, 5.41) is 0. The highest BCUT2D eigenvalue weighted by molar-refractivity contribution is 5.65. The summed E-state index contributed by atoms with van der Waals surface area (Å²) in [4.78, 5) is 10.4. The van der Waals surface area contributed by atoms with Crippen LogP contribution >= 0.6 is 0 Å². The van der Waals surface area contributed by atoms with Crippen LogP contribution < -0.4 is 10.5 Å². The molecule has 2 N–H and O–H groups in total. The quantitative estimate of drug-likeness (QED) is 0.445. The number of esters is 1.